The number of amides is 1. The number of ether oxygens (including phenoxy) is 1. The maximum absolute atomic E-state index is 13.5. The van der Waals surface area contributed by atoms with Crippen LogP contribution in [0.2, 0.25) is 5.02 Å². The summed E-state index contributed by atoms with van der Waals surface area (Å²) in [6.45, 7) is 3.48. The smallest absolute Gasteiger partial charge is 0.356 e. The van der Waals surface area contributed by atoms with E-state index in [1.54, 1.807) is 48.5 Å². The van der Waals surface area contributed by atoms with E-state index in [9.17, 15) is 14.4 Å². The van der Waals surface area contributed by atoms with Crippen LogP contribution in [0.5, 0.6) is 0 Å². The third-order valence-electron chi connectivity index (χ3n) is 6.36. The highest BCUT2D eigenvalue weighted by molar-refractivity contribution is 7.14. The molecule has 0 aliphatic carbocycles. The Balaban J connectivity index is 1.42. The molecule has 0 aliphatic heterocycles. The number of thiazole rings is 1. The second-order valence-electron chi connectivity index (χ2n) is 9.08. The van der Waals surface area contributed by atoms with Crippen molar-refractivity contribution in [2.24, 2.45) is 7.05 Å². The fourth-order valence-electron chi connectivity index (χ4n) is 4.28. The summed E-state index contributed by atoms with van der Waals surface area (Å²) >= 11 is 7.37. The van der Waals surface area contributed by atoms with Gasteiger partial charge in [0.1, 0.15) is 5.69 Å². The molecule has 2 aromatic heterocycles. The van der Waals surface area contributed by atoms with E-state index in [1.165, 1.54) is 29.9 Å². The maximum Gasteiger partial charge on any atom is 0.356 e. The molecule has 0 radical (unpaired) electrons. The fraction of sp³-hybridized carbons (Fsp3) is 0.133. The van der Waals surface area contributed by atoms with Crippen LogP contribution in [-0.4, -0.2) is 27.5 Å². The van der Waals surface area contributed by atoms with Gasteiger partial charge in [-0.3, -0.25) is 14.9 Å². The summed E-state index contributed by atoms with van der Waals surface area (Å²) in [7, 11) is 1.51. The van der Waals surface area contributed by atoms with Crippen molar-refractivity contribution in [2.75, 3.05) is 5.32 Å². The molecule has 196 valence electrons. The Bertz CT molecular complexity index is 1760. The van der Waals surface area contributed by atoms with Crippen LogP contribution < -0.4 is 10.9 Å². The topological polar surface area (TPSA) is 90.3 Å². The summed E-state index contributed by atoms with van der Waals surface area (Å²) in [5.74, 6) is -1.33. The molecule has 1 N–H and O–H groups in total. The third kappa shape index (κ3) is 5.34. The van der Waals surface area contributed by atoms with Crippen LogP contribution in [0.15, 0.2) is 83.0 Å². The van der Waals surface area contributed by atoms with Gasteiger partial charge >= 0.3 is 5.97 Å². The summed E-state index contributed by atoms with van der Waals surface area (Å²) in [6.07, 6.45) is -1.15. The molecule has 9 heteroatoms. The minimum Gasteiger partial charge on any atom is -0.448 e. The number of carbonyl (C=O) groups excluding carboxylic acids is 2. The summed E-state index contributed by atoms with van der Waals surface area (Å²) in [6, 6.07) is 21.9. The Morgan fingerprint density at radius 1 is 0.974 bits per heavy atom. The van der Waals surface area contributed by atoms with Crippen molar-refractivity contribution in [3.63, 3.8) is 0 Å². The van der Waals surface area contributed by atoms with Crippen molar-refractivity contribution >= 4 is 50.7 Å². The van der Waals surface area contributed by atoms with Crippen LogP contribution in [0.4, 0.5) is 5.13 Å². The van der Waals surface area contributed by atoms with Crippen molar-refractivity contribution in [1.82, 2.24) is 9.55 Å². The number of fused-ring (bicyclic) bond motifs is 1. The van der Waals surface area contributed by atoms with Crippen molar-refractivity contribution in [3.8, 4) is 22.4 Å². The first-order valence-electron chi connectivity index (χ1n) is 12.1. The Morgan fingerprint density at radius 2 is 1.62 bits per heavy atom. The zero-order chi connectivity index (χ0) is 27.7. The van der Waals surface area contributed by atoms with Gasteiger partial charge in [-0.25, -0.2) is 9.78 Å². The lowest BCUT2D eigenvalue weighted by Gasteiger charge is -2.18. The number of pyridine rings is 1. The van der Waals surface area contributed by atoms with E-state index in [0.717, 1.165) is 16.8 Å². The first-order valence-corrected chi connectivity index (χ1v) is 13.4. The lowest BCUT2D eigenvalue weighted by atomic mass is 9.96. The molecule has 0 fully saturated rings. The molecule has 5 rings (SSSR count). The normalized spacial score (nSPS) is 11.8. The molecule has 7 nitrogen and oxygen atoms in total. The van der Waals surface area contributed by atoms with Crippen LogP contribution in [0.1, 0.15) is 23.0 Å². The van der Waals surface area contributed by atoms with Gasteiger partial charge in [-0.2, -0.15) is 0 Å². The Kier molecular flexibility index (Phi) is 7.32. The lowest BCUT2D eigenvalue weighted by molar-refractivity contribution is -0.123. The van der Waals surface area contributed by atoms with E-state index >= 15 is 0 Å². The molecule has 5 aromatic rings. The van der Waals surface area contributed by atoms with Crippen LogP contribution in [0, 0.1) is 6.92 Å². The van der Waals surface area contributed by atoms with Crippen molar-refractivity contribution in [3.05, 3.63) is 105 Å². The molecular weight excluding hydrogens is 534 g/mol. The van der Waals surface area contributed by atoms with E-state index in [1.807, 2.05) is 36.6 Å². The van der Waals surface area contributed by atoms with Crippen molar-refractivity contribution in [2.45, 2.75) is 20.0 Å². The third-order valence-corrected chi connectivity index (χ3v) is 7.37. The lowest BCUT2D eigenvalue weighted by Crippen LogP contribution is -2.32. The SMILES string of the molecule is Cc1ccc(-c2csc(NC(=O)C(C)OC(=O)c3c(-c4ccc(Cl)cc4)c4ccccc4c(=O)n3C)n2)cc1. The Hall–Kier alpha value is -4.27. The molecule has 0 spiro atoms. The monoisotopic (exact) mass is 557 g/mol. The van der Waals surface area contributed by atoms with E-state index in [0.29, 0.717) is 32.1 Å². The van der Waals surface area contributed by atoms with Gasteiger partial charge in [-0.1, -0.05) is 71.8 Å². The van der Waals surface area contributed by atoms with E-state index in [4.69, 9.17) is 16.3 Å². The molecule has 3 aromatic carbocycles. The number of anilines is 1. The van der Waals surface area contributed by atoms with Crippen molar-refractivity contribution < 1.29 is 14.3 Å². The number of benzene rings is 3. The molecule has 1 atom stereocenters. The van der Waals surface area contributed by atoms with E-state index in [-0.39, 0.29) is 11.3 Å². The van der Waals surface area contributed by atoms with Crippen LogP contribution in [0.25, 0.3) is 33.2 Å². The highest BCUT2D eigenvalue weighted by Crippen LogP contribution is 2.32. The molecule has 1 unspecified atom stereocenters. The quantitative estimate of drug-likeness (QED) is 0.241. The van der Waals surface area contributed by atoms with Gasteiger partial charge in [0.25, 0.3) is 11.5 Å². The number of hydrogen-bond acceptors (Lipinski definition) is 6. The number of halogens is 1. The number of rotatable bonds is 6. The summed E-state index contributed by atoms with van der Waals surface area (Å²) in [4.78, 5) is 44.0. The van der Waals surface area contributed by atoms with Crippen LogP contribution in [-0.2, 0) is 16.6 Å². The molecule has 0 saturated heterocycles. The second kappa shape index (κ2) is 10.8. The molecule has 2 heterocycles. The average molecular weight is 558 g/mol. The number of aryl methyl sites for hydroxylation is 1. The summed E-state index contributed by atoms with van der Waals surface area (Å²) < 4.78 is 6.84. The van der Waals surface area contributed by atoms with Gasteiger partial charge in [0.05, 0.1) is 5.69 Å². The summed E-state index contributed by atoms with van der Waals surface area (Å²) in [5.41, 5.74) is 3.70. The van der Waals surface area contributed by atoms with Gasteiger partial charge in [-0.05, 0) is 43.0 Å². The predicted molar refractivity (Wildman–Crippen MR) is 155 cm³/mol. The average Bonchev–Trinajstić information content (AvgIpc) is 3.39. The minimum absolute atomic E-state index is 0.0385. The Labute approximate surface area is 233 Å². The predicted octanol–water partition coefficient (Wildman–Crippen LogP) is 6.47. The van der Waals surface area contributed by atoms with Gasteiger partial charge < -0.3 is 9.30 Å². The minimum atomic E-state index is -1.15. The number of hydrogen-bond donors (Lipinski definition) is 1. The number of esters is 1. The Morgan fingerprint density at radius 3 is 2.31 bits per heavy atom. The zero-order valence-electron chi connectivity index (χ0n) is 21.4. The van der Waals surface area contributed by atoms with Crippen molar-refractivity contribution in [1.29, 1.82) is 0 Å². The van der Waals surface area contributed by atoms with E-state index < -0.39 is 18.0 Å². The molecule has 39 heavy (non-hydrogen) atoms. The maximum atomic E-state index is 13.5. The van der Waals surface area contributed by atoms with Gasteiger partial charge in [-0.15, -0.1) is 11.3 Å². The number of carbonyl (C=O) groups is 2. The molecular formula is C30H24ClN3O4S. The number of nitrogens with zero attached hydrogens (tertiary/aromatic N) is 2. The highest BCUT2D eigenvalue weighted by Gasteiger charge is 2.27. The molecule has 0 bridgehead atoms. The van der Waals surface area contributed by atoms with E-state index in [2.05, 4.69) is 10.3 Å². The first-order chi connectivity index (χ1) is 18.7. The van der Waals surface area contributed by atoms with Gasteiger partial charge in [0.2, 0.25) is 0 Å². The number of nitrogens with one attached hydrogen (secondary N) is 1. The largest absolute Gasteiger partial charge is 0.448 e. The fourth-order valence-corrected chi connectivity index (χ4v) is 5.13. The summed E-state index contributed by atoms with van der Waals surface area (Å²) in [5, 5.41) is 6.54. The standard InChI is InChI=1S/C30H24ClN3O4S/c1-17-8-10-19(11-9-17)24-16-39-30(32-24)33-27(35)18(2)38-29(37)26-25(20-12-14-21(31)15-13-20)22-6-4-5-7-23(22)28(36)34(26)3/h4-16,18H,1-3H3,(H,32,33,35). The van der Waals surface area contributed by atoms with Crippen LogP contribution >= 0.6 is 22.9 Å². The highest BCUT2D eigenvalue weighted by atomic mass is 35.5. The zero-order valence-corrected chi connectivity index (χ0v) is 23.0. The molecule has 0 aliphatic rings. The first kappa shape index (κ1) is 26.3. The van der Waals surface area contributed by atoms with Crippen LogP contribution in [0.3, 0.4) is 0 Å². The second-order valence-corrected chi connectivity index (χ2v) is 10.4. The molecule has 0 saturated carbocycles. The number of aromatic nitrogens is 2. The van der Waals surface area contributed by atoms with Gasteiger partial charge in [0, 0.05) is 34.0 Å². The molecule has 1 amide bonds. The van der Waals surface area contributed by atoms with Gasteiger partial charge in [0.15, 0.2) is 11.2 Å².